The highest BCUT2D eigenvalue weighted by molar-refractivity contribution is 9.10. The standard InChI is InChI=1S/C10H8BrNO2S/c1-6(13)4-7-5-15-10(12-7)8-2-3-9(11)14-8/h2-3,5H,4H2,1H3. The third-order valence-corrected chi connectivity index (χ3v) is 3.10. The average Bonchev–Trinajstić information content (AvgIpc) is 2.72. The van der Waals surface area contributed by atoms with Gasteiger partial charge >= 0.3 is 0 Å². The summed E-state index contributed by atoms with van der Waals surface area (Å²) in [5.74, 6) is 0.842. The van der Waals surface area contributed by atoms with Gasteiger partial charge in [0.1, 0.15) is 5.78 Å². The number of hydrogen-bond donors (Lipinski definition) is 0. The molecule has 78 valence electrons. The lowest BCUT2D eigenvalue weighted by Gasteiger charge is -1.89. The molecule has 2 aromatic heterocycles. The number of ketones is 1. The lowest BCUT2D eigenvalue weighted by atomic mass is 10.2. The normalized spacial score (nSPS) is 10.5. The molecule has 0 atom stereocenters. The van der Waals surface area contributed by atoms with Crippen LogP contribution in [0.2, 0.25) is 0 Å². The van der Waals surface area contributed by atoms with Crippen molar-refractivity contribution in [3.63, 3.8) is 0 Å². The fourth-order valence-corrected chi connectivity index (χ4v) is 2.27. The van der Waals surface area contributed by atoms with Gasteiger partial charge in [-0.15, -0.1) is 11.3 Å². The van der Waals surface area contributed by atoms with Crippen molar-refractivity contribution >= 4 is 33.0 Å². The minimum absolute atomic E-state index is 0.118. The van der Waals surface area contributed by atoms with E-state index >= 15 is 0 Å². The fourth-order valence-electron chi connectivity index (χ4n) is 1.19. The maximum Gasteiger partial charge on any atom is 0.170 e. The van der Waals surface area contributed by atoms with Crippen LogP contribution in [0.1, 0.15) is 12.6 Å². The van der Waals surface area contributed by atoms with E-state index in [0.717, 1.165) is 16.5 Å². The molecule has 0 N–H and O–H groups in total. The van der Waals surface area contributed by atoms with Gasteiger partial charge in [-0.25, -0.2) is 4.98 Å². The van der Waals surface area contributed by atoms with Gasteiger partial charge in [-0.2, -0.15) is 0 Å². The Bertz CT molecular complexity index is 489. The lowest BCUT2D eigenvalue weighted by Crippen LogP contribution is -1.95. The highest BCUT2D eigenvalue weighted by Gasteiger charge is 2.09. The summed E-state index contributed by atoms with van der Waals surface area (Å²) in [4.78, 5) is 15.2. The van der Waals surface area contributed by atoms with Gasteiger partial charge in [0, 0.05) is 11.8 Å². The van der Waals surface area contributed by atoms with Crippen LogP contribution in [0.3, 0.4) is 0 Å². The molecule has 0 radical (unpaired) electrons. The molecule has 0 aromatic carbocycles. The second-order valence-electron chi connectivity index (χ2n) is 3.13. The Morgan fingerprint density at radius 1 is 1.60 bits per heavy atom. The number of rotatable bonds is 3. The van der Waals surface area contributed by atoms with Gasteiger partial charge in [0.05, 0.1) is 5.69 Å². The first-order valence-electron chi connectivity index (χ1n) is 4.34. The summed E-state index contributed by atoms with van der Waals surface area (Å²) in [6.45, 7) is 1.56. The molecule has 0 saturated heterocycles. The van der Waals surface area contributed by atoms with Crippen molar-refractivity contribution in [3.05, 3.63) is 27.9 Å². The van der Waals surface area contributed by atoms with Gasteiger partial charge in [-0.3, -0.25) is 4.79 Å². The Hall–Kier alpha value is -0.940. The fraction of sp³-hybridized carbons (Fsp3) is 0.200. The molecule has 0 fully saturated rings. The molecule has 0 aliphatic heterocycles. The third-order valence-electron chi connectivity index (χ3n) is 1.77. The van der Waals surface area contributed by atoms with Crippen LogP contribution in [0.15, 0.2) is 26.6 Å². The Kier molecular flexibility index (Phi) is 3.02. The number of hydrogen-bond acceptors (Lipinski definition) is 4. The first-order valence-corrected chi connectivity index (χ1v) is 6.02. The maximum absolute atomic E-state index is 10.9. The Labute approximate surface area is 99.3 Å². The second-order valence-corrected chi connectivity index (χ2v) is 4.77. The number of Topliss-reactive ketones (excluding diaryl/α,β-unsaturated/α-hetero) is 1. The quantitative estimate of drug-likeness (QED) is 0.869. The molecule has 3 nitrogen and oxygen atoms in total. The molecular formula is C10H8BrNO2S. The highest BCUT2D eigenvalue weighted by atomic mass is 79.9. The molecule has 0 spiro atoms. The van der Waals surface area contributed by atoms with Crippen LogP contribution in [0.5, 0.6) is 0 Å². The average molecular weight is 286 g/mol. The van der Waals surface area contributed by atoms with Crippen molar-refractivity contribution in [1.29, 1.82) is 0 Å². The van der Waals surface area contributed by atoms with Crippen molar-refractivity contribution < 1.29 is 9.21 Å². The summed E-state index contributed by atoms with van der Waals surface area (Å²) in [5.41, 5.74) is 0.801. The van der Waals surface area contributed by atoms with E-state index in [1.165, 1.54) is 11.3 Å². The summed E-state index contributed by atoms with van der Waals surface area (Å²) >= 11 is 4.71. The van der Waals surface area contributed by atoms with Gasteiger partial charge in [0.15, 0.2) is 15.4 Å². The van der Waals surface area contributed by atoms with Crippen molar-refractivity contribution in [2.75, 3.05) is 0 Å². The maximum atomic E-state index is 10.9. The number of carbonyl (C=O) groups excluding carboxylic acids is 1. The summed E-state index contributed by atoms with van der Waals surface area (Å²) in [5, 5.41) is 2.68. The zero-order valence-corrected chi connectivity index (χ0v) is 10.4. The van der Waals surface area contributed by atoms with E-state index in [4.69, 9.17) is 4.42 Å². The number of carbonyl (C=O) groups is 1. The molecule has 2 aromatic rings. The summed E-state index contributed by atoms with van der Waals surface area (Å²) in [7, 11) is 0. The van der Waals surface area contributed by atoms with Crippen LogP contribution in [-0.2, 0) is 11.2 Å². The summed E-state index contributed by atoms with van der Waals surface area (Å²) < 4.78 is 6.05. The van der Waals surface area contributed by atoms with Crippen molar-refractivity contribution in [2.45, 2.75) is 13.3 Å². The van der Waals surface area contributed by atoms with Gasteiger partial charge in [-0.1, -0.05) is 0 Å². The SMILES string of the molecule is CC(=O)Cc1csc(-c2ccc(Br)o2)n1. The molecule has 2 rings (SSSR count). The van der Waals surface area contributed by atoms with Gasteiger partial charge in [-0.05, 0) is 35.0 Å². The van der Waals surface area contributed by atoms with Crippen LogP contribution in [0.25, 0.3) is 10.8 Å². The molecule has 5 heteroatoms. The Morgan fingerprint density at radius 3 is 3.00 bits per heavy atom. The molecule has 0 saturated carbocycles. The van der Waals surface area contributed by atoms with Crippen molar-refractivity contribution in [2.24, 2.45) is 0 Å². The lowest BCUT2D eigenvalue weighted by molar-refractivity contribution is -0.116. The molecule has 0 aliphatic rings. The molecule has 0 aliphatic carbocycles. The van der Waals surface area contributed by atoms with E-state index in [2.05, 4.69) is 20.9 Å². The molecule has 0 amide bonds. The van der Waals surface area contributed by atoms with E-state index in [1.54, 1.807) is 6.92 Å². The highest BCUT2D eigenvalue weighted by Crippen LogP contribution is 2.27. The predicted molar refractivity (Wildman–Crippen MR) is 61.9 cm³/mol. The predicted octanol–water partition coefficient (Wildman–Crippen LogP) is 3.30. The summed E-state index contributed by atoms with van der Waals surface area (Å²) in [6.07, 6.45) is 0.387. The minimum Gasteiger partial charge on any atom is -0.447 e. The number of furan rings is 1. The van der Waals surface area contributed by atoms with E-state index in [-0.39, 0.29) is 5.78 Å². The van der Waals surface area contributed by atoms with Crippen LogP contribution in [0, 0.1) is 0 Å². The Balaban J connectivity index is 2.23. The zero-order valence-electron chi connectivity index (χ0n) is 7.99. The summed E-state index contributed by atoms with van der Waals surface area (Å²) in [6, 6.07) is 3.67. The van der Waals surface area contributed by atoms with Gasteiger partial charge < -0.3 is 4.42 Å². The van der Waals surface area contributed by atoms with E-state index in [0.29, 0.717) is 11.1 Å². The van der Waals surface area contributed by atoms with Crippen LogP contribution < -0.4 is 0 Å². The second kappa shape index (κ2) is 4.28. The topological polar surface area (TPSA) is 43.1 Å². The first-order chi connectivity index (χ1) is 7.15. The molecule has 2 heterocycles. The van der Waals surface area contributed by atoms with E-state index < -0.39 is 0 Å². The molecule has 15 heavy (non-hydrogen) atoms. The first kappa shape index (κ1) is 10.6. The molecular weight excluding hydrogens is 278 g/mol. The van der Waals surface area contributed by atoms with Crippen molar-refractivity contribution in [1.82, 2.24) is 4.98 Å². The Morgan fingerprint density at radius 2 is 2.40 bits per heavy atom. The monoisotopic (exact) mass is 285 g/mol. The van der Waals surface area contributed by atoms with Gasteiger partial charge in [0.25, 0.3) is 0 Å². The third kappa shape index (κ3) is 2.54. The van der Waals surface area contributed by atoms with Gasteiger partial charge in [0.2, 0.25) is 0 Å². The molecule has 0 bridgehead atoms. The van der Waals surface area contributed by atoms with Crippen LogP contribution in [-0.4, -0.2) is 10.8 Å². The smallest absolute Gasteiger partial charge is 0.170 e. The molecule has 0 unspecified atom stereocenters. The number of halogens is 1. The van der Waals surface area contributed by atoms with E-state index in [9.17, 15) is 4.79 Å². The zero-order chi connectivity index (χ0) is 10.8. The van der Waals surface area contributed by atoms with Crippen molar-refractivity contribution in [3.8, 4) is 10.8 Å². The van der Waals surface area contributed by atoms with E-state index in [1.807, 2.05) is 17.5 Å². The number of aromatic nitrogens is 1. The number of thiazole rings is 1. The van der Waals surface area contributed by atoms with Crippen LogP contribution in [0.4, 0.5) is 0 Å². The minimum atomic E-state index is 0.118. The van der Waals surface area contributed by atoms with Crippen LogP contribution >= 0.6 is 27.3 Å². The number of nitrogens with zero attached hydrogens (tertiary/aromatic N) is 1. The largest absolute Gasteiger partial charge is 0.447 e.